The topological polar surface area (TPSA) is 67.2 Å². The zero-order valence-electron chi connectivity index (χ0n) is 11.0. The summed E-state index contributed by atoms with van der Waals surface area (Å²) in [6.07, 6.45) is 2.91. The maximum atomic E-state index is 11.9. The van der Waals surface area contributed by atoms with Gasteiger partial charge in [-0.1, -0.05) is 19.1 Å². The number of anilines is 1. The maximum Gasteiger partial charge on any atom is 0.315 e. The van der Waals surface area contributed by atoms with Crippen LogP contribution in [0.5, 0.6) is 0 Å². The lowest BCUT2D eigenvalue weighted by Crippen LogP contribution is -2.45. The maximum absolute atomic E-state index is 11.9. The van der Waals surface area contributed by atoms with Gasteiger partial charge in [-0.3, -0.25) is 0 Å². The van der Waals surface area contributed by atoms with Crippen LogP contribution in [0.15, 0.2) is 24.3 Å². The van der Waals surface area contributed by atoms with E-state index < -0.39 is 0 Å². The lowest BCUT2D eigenvalue weighted by Gasteiger charge is -2.20. The van der Waals surface area contributed by atoms with Crippen LogP contribution in [0.3, 0.4) is 0 Å². The highest BCUT2D eigenvalue weighted by atomic mass is 16.2. The van der Waals surface area contributed by atoms with E-state index in [2.05, 4.69) is 17.6 Å². The van der Waals surface area contributed by atoms with Crippen LogP contribution in [0.2, 0.25) is 0 Å². The third-order valence-electron chi connectivity index (χ3n) is 3.56. The van der Waals surface area contributed by atoms with Gasteiger partial charge in [0.2, 0.25) is 0 Å². The standard InChI is InChI=1S/C14H21N3O/c1-3-10(2)16-13(18)17-14(8-9-14)11-4-6-12(15)7-5-11/h4-7,10H,3,8-9,15H2,1-2H3,(H2,16,17,18). The van der Waals surface area contributed by atoms with Gasteiger partial charge >= 0.3 is 6.03 Å². The molecule has 0 aliphatic heterocycles. The molecule has 18 heavy (non-hydrogen) atoms. The molecule has 0 radical (unpaired) electrons. The molecule has 1 aliphatic rings. The molecular weight excluding hydrogens is 226 g/mol. The molecule has 1 atom stereocenters. The summed E-state index contributed by atoms with van der Waals surface area (Å²) >= 11 is 0. The first-order chi connectivity index (χ1) is 8.55. The average Bonchev–Trinajstić information content (AvgIpc) is 3.10. The highest BCUT2D eigenvalue weighted by Gasteiger charge is 2.45. The summed E-state index contributed by atoms with van der Waals surface area (Å²) in [7, 11) is 0. The summed E-state index contributed by atoms with van der Waals surface area (Å²) in [6, 6.07) is 7.86. The first-order valence-corrected chi connectivity index (χ1v) is 6.50. The van der Waals surface area contributed by atoms with Crippen LogP contribution in [0.4, 0.5) is 10.5 Å². The molecule has 0 aromatic heterocycles. The number of nitrogens with two attached hydrogens (primary N) is 1. The van der Waals surface area contributed by atoms with Gasteiger partial charge in [0.25, 0.3) is 0 Å². The van der Waals surface area contributed by atoms with Crippen LogP contribution in [0.1, 0.15) is 38.7 Å². The van der Waals surface area contributed by atoms with Crippen molar-refractivity contribution in [2.45, 2.75) is 44.7 Å². The van der Waals surface area contributed by atoms with Crippen molar-refractivity contribution >= 4 is 11.7 Å². The molecule has 1 unspecified atom stereocenters. The SMILES string of the molecule is CCC(C)NC(=O)NC1(c2ccc(N)cc2)CC1. The molecule has 2 amide bonds. The fraction of sp³-hybridized carbons (Fsp3) is 0.500. The minimum Gasteiger partial charge on any atom is -0.399 e. The van der Waals surface area contributed by atoms with Crippen LogP contribution in [0.25, 0.3) is 0 Å². The van der Waals surface area contributed by atoms with E-state index in [1.54, 1.807) is 0 Å². The molecule has 1 fully saturated rings. The van der Waals surface area contributed by atoms with Crippen molar-refractivity contribution in [2.24, 2.45) is 0 Å². The lowest BCUT2D eigenvalue weighted by molar-refractivity contribution is 0.232. The second kappa shape index (κ2) is 4.88. The second-order valence-corrected chi connectivity index (χ2v) is 5.11. The number of carbonyl (C=O) groups is 1. The number of hydrogen-bond acceptors (Lipinski definition) is 2. The number of rotatable bonds is 4. The molecule has 1 aromatic carbocycles. The normalized spacial score (nSPS) is 17.9. The van der Waals surface area contributed by atoms with E-state index in [9.17, 15) is 4.79 Å². The largest absolute Gasteiger partial charge is 0.399 e. The molecule has 0 saturated heterocycles. The number of nitrogen functional groups attached to an aromatic ring is 1. The van der Waals surface area contributed by atoms with E-state index in [1.165, 1.54) is 0 Å². The van der Waals surface area contributed by atoms with Crippen LogP contribution < -0.4 is 16.4 Å². The Morgan fingerprint density at radius 3 is 2.50 bits per heavy atom. The molecule has 1 aliphatic carbocycles. The summed E-state index contributed by atoms with van der Waals surface area (Å²) in [5.41, 5.74) is 7.38. The number of carbonyl (C=O) groups excluding carboxylic acids is 1. The molecule has 4 nitrogen and oxygen atoms in total. The molecule has 4 N–H and O–H groups in total. The van der Waals surface area contributed by atoms with Gasteiger partial charge in [-0.2, -0.15) is 0 Å². The van der Waals surface area contributed by atoms with Crippen molar-refractivity contribution in [3.05, 3.63) is 29.8 Å². The first kappa shape index (κ1) is 12.7. The number of nitrogens with one attached hydrogen (secondary N) is 2. The van der Waals surface area contributed by atoms with Gasteiger partial charge in [-0.15, -0.1) is 0 Å². The van der Waals surface area contributed by atoms with Gasteiger partial charge < -0.3 is 16.4 Å². The zero-order chi connectivity index (χ0) is 13.2. The van der Waals surface area contributed by atoms with E-state index in [1.807, 2.05) is 31.2 Å². The summed E-state index contributed by atoms with van der Waals surface area (Å²) in [5.74, 6) is 0. The van der Waals surface area contributed by atoms with Crippen molar-refractivity contribution in [1.29, 1.82) is 0 Å². The Bertz CT molecular complexity index is 423. The molecule has 1 aromatic rings. The fourth-order valence-electron chi connectivity index (χ4n) is 1.99. The highest BCUT2D eigenvalue weighted by molar-refractivity contribution is 5.76. The lowest BCUT2D eigenvalue weighted by atomic mass is 10.0. The van der Waals surface area contributed by atoms with Crippen LogP contribution >= 0.6 is 0 Å². The van der Waals surface area contributed by atoms with Crippen molar-refractivity contribution in [3.63, 3.8) is 0 Å². The van der Waals surface area contributed by atoms with Crippen molar-refractivity contribution in [3.8, 4) is 0 Å². The molecule has 2 rings (SSSR count). The van der Waals surface area contributed by atoms with E-state index in [4.69, 9.17) is 5.73 Å². The van der Waals surface area contributed by atoms with E-state index >= 15 is 0 Å². The van der Waals surface area contributed by atoms with Gasteiger partial charge in [0.05, 0.1) is 5.54 Å². The Hall–Kier alpha value is -1.71. The van der Waals surface area contributed by atoms with Crippen molar-refractivity contribution in [2.75, 3.05) is 5.73 Å². The van der Waals surface area contributed by atoms with Gasteiger partial charge in [-0.05, 0) is 43.9 Å². The third kappa shape index (κ3) is 2.75. The summed E-state index contributed by atoms with van der Waals surface area (Å²) in [5, 5.41) is 6.01. The van der Waals surface area contributed by atoms with Gasteiger partial charge in [-0.25, -0.2) is 4.79 Å². The van der Waals surface area contributed by atoms with E-state index in [0.717, 1.165) is 30.5 Å². The van der Waals surface area contributed by atoms with Crippen LogP contribution in [-0.2, 0) is 5.54 Å². The molecule has 0 heterocycles. The fourth-order valence-corrected chi connectivity index (χ4v) is 1.99. The Morgan fingerprint density at radius 2 is 2.00 bits per heavy atom. The van der Waals surface area contributed by atoms with E-state index in [0.29, 0.717) is 0 Å². The number of urea groups is 1. The Kier molecular flexibility index (Phi) is 3.45. The molecule has 0 spiro atoms. The van der Waals surface area contributed by atoms with Crippen LogP contribution in [-0.4, -0.2) is 12.1 Å². The number of amides is 2. The summed E-state index contributed by atoms with van der Waals surface area (Å²) in [6.45, 7) is 4.06. The minimum absolute atomic E-state index is 0.0846. The second-order valence-electron chi connectivity index (χ2n) is 5.11. The smallest absolute Gasteiger partial charge is 0.315 e. The quantitative estimate of drug-likeness (QED) is 0.715. The molecule has 0 bridgehead atoms. The Balaban J connectivity index is 2.00. The Labute approximate surface area is 108 Å². The Morgan fingerprint density at radius 1 is 1.39 bits per heavy atom. The summed E-state index contributed by atoms with van der Waals surface area (Å²) in [4.78, 5) is 11.9. The van der Waals surface area contributed by atoms with Gasteiger partial charge in [0.1, 0.15) is 0 Å². The highest BCUT2D eigenvalue weighted by Crippen LogP contribution is 2.45. The monoisotopic (exact) mass is 247 g/mol. The summed E-state index contributed by atoms with van der Waals surface area (Å²) < 4.78 is 0. The number of benzene rings is 1. The average molecular weight is 247 g/mol. The molecule has 98 valence electrons. The van der Waals surface area contributed by atoms with E-state index in [-0.39, 0.29) is 17.6 Å². The third-order valence-corrected chi connectivity index (χ3v) is 3.56. The van der Waals surface area contributed by atoms with Gasteiger partial charge in [0, 0.05) is 11.7 Å². The molecular formula is C14H21N3O. The number of hydrogen-bond donors (Lipinski definition) is 3. The van der Waals surface area contributed by atoms with Crippen molar-refractivity contribution < 1.29 is 4.79 Å². The first-order valence-electron chi connectivity index (χ1n) is 6.50. The molecule has 4 heteroatoms. The molecule has 1 saturated carbocycles. The predicted octanol–water partition coefficient (Wildman–Crippen LogP) is 2.36. The zero-order valence-corrected chi connectivity index (χ0v) is 11.0. The predicted molar refractivity (Wildman–Crippen MR) is 73.2 cm³/mol. The minimum atomic E-state index is -0.175. The van der Waals surface area contributed by atoms with Gasteiger partial charge in [0.15, 0.2) is 0 Å². The van der Waals surface area contributed by atoms with Crippen LogP contribution in [0, 0.1) is 0 Å². The van der Waals surface area contributed by atoms with Crippen molar-refractivity contribution in [1.82, 2.24) is 10.6 Å².